The highest BCUT2D eigenvalue weighted by Crippen LogP contribution is 2.06. The van der Waals surface area contributed by atoms with Gasteiger partial charge >= 0.3 is 0 Å². The van der Waals surface area contributed by atoms with Crippen molar-refractivity contribution in [2.75, 3.05) is 6.54 Å². The number of nitrogens with zero attached hydrogens (tertiary/aromatic N) is 2. The van der Waals surface area contributed by atoms with Crippen molar-refractivity contribution in [3.05, 3.63) is 27.7 Å². The predicted molar refractivity (Wildman–Crippen MR) is 44.9 cm³/mol. The molecule has 0 bridgehead atoms. The Morgan fingerprint density at radius 3 is 3.33 bits per heavy atom. The lowest BCUT2D eigenvalue weighted by Gasteiger charge is -2.15. The van der Waals surface area contributed by atoms with E-state index in [0.717, 1.165) is 24.1 Å². The van der Waals surface area contributed by atoms with Crippen LogP contribution in [0.1, 0.15) is 11.1 Å². The molecule has 1 aliphatic heterocycles. The number of aryl methyl sites for hydroxylation is 1. The number of hydrogen-bond acceptors (Lipinski definition) is 3. The zero-order valence-electron chi connectivity index (χ0n) is 7.00. The largest absolute Gasteiger partial charge is 0.312 e. The molecule has 64 valence electrons. The highest BCUT2D eigenvalue weighted by Gasteiger charge is 2.12. The fourth-order valence-corrected chi connectivity index (χ4v) is 1.46. The highest BCUT2D eigenvalue weighted by atomic mass is 16.1. The Hall–Kier alpha value is -1.16. The molecule has 0 spiro atoms. The van der Waals surface area contributed by atoms with Gasteiger partial charge in [0.15, 0.2) is 0 Å². The molecule has 12 heavy (non-hydrogen) atoms. The van der Waals surface area contributed by atoms with Gasteiger partial charge in [0, 0.05) is 19.2 Å². The molecule has 0 amide bonds. The summed E-state index contributed by atoms with van der Waals surface area (Å²) in [4.78, 5) is 11.5. The molecule has 0 aliphatic carbocycles. The van der Waals surface area contributed by atoms with E-state index in [1.54, 1.807) is 13.2 Å². The van der Waals surface area contributed by atoms with Crippen molar-refractivity contribution in [1.29, 1.82) is 0 Å². The fourth-order valence-electron chi connectivity index (χ4n) is 1.46. The zero-order valence-corrected chi connectivity index (χ0v) is 7.00. The first-order chi connectivity index (χ1) is 5.79. The summed E-state index contributed by atoms with van der Waals surface area (Å²) in [6.45, 7) is 1.63. The van der Waals surface area contributed by atoms with Crippen LogP contribution in [0.4, 0.5) is 0 Å². The van der Waals surface area contributed by atoms with Crippen molar-refractivity contribution >= 4 is 0 Å². The molecule has 0 fully saturated rings. The molecule has 0 radical (unpaired) electrons. The normalized spacial score (nSPS) is 15.8. The van der Waals surface area contributed by atoms with E-state index in [2.05, 4.69) is 10.4 Å². The topological polar surface area (TPSA) is 46.9 Å². The maximum Gasteiger partial charge on any atom is 0.271 e. The van der Waals surface area contributed by atoms with Crippen LogP contribution in [0.25, 0.3) is 0 Å². The minimum Gasteiger partial charge on any atom is -0.312 e. The first-order valence-electron chi connectivity index (χ1n) is 4.04. The molecular weight excluding hydrogens is 154 g/mol. The minimum atomic E-state index is 0.0275. The van der Waals surface area contributed by atoms with Crippen molar-refractivity contribution in [3.8, 4) is 0 Å². The van der Waals surface area contributed by atoms with Gasteiger partial charge in [-0.15, -0.1) is 0 Å². The van der Waals surface area contributed by atoms with Crippen LogP contribution in [0.15, 0.2) is 11.0 Å². The van der Waals surface area contributed by atoms with E-state index in [9.17, 15) is 4.79 Å². The fraction of sp³-hybridized carbons (Fsp3) is 0.500. The lowest BCUT2D eigenvalue weighted by Crippen LogP contribution is -2.33. The van der Waals surface area contributed by atoms with E-state index in [1.807, 2.05) is 0 Å². The molecule has 2 rings (SSSR count). The zero-order chi connectivity index (χ0) is 8.55. The summed E-state index contributed by atoms with van der Waals surface area (Å²) in [5, 5.41) is 7.14. The molecule has 4 nitrogen and oxygen atoms in total. The first-order valence-corrected chi connectivity index (χ1v) is 4.04. The first kappa shape index (κ1) is 7.49. The van der Waals surface area contributed by atoms with Gasteiger partial charge in [-0.1, -0.05) is 0 Å². The summed E-state index contributed by atoms with van der Waals surface area (Å²) >= 11 is 0. The van der Waals surface area contributed by atoms with Gasteiger partial charge in [-0.3, -0.25) is 4.79 Å². The van der Waals surface area contributed by atoms with E-state index in [4.69, 9.17) is 0 Å². The quantitative estimate of drug-likeness (QED) is 0.560. The average molecular weight is 165 g/mol. The van der Waals surface area contributed by atoms with E-state index in [0.29, 0.717) is 6.54 Å². The van der Waals surface area contributed by atoms with Crippen molar-refractivity contribution in [2.45, 2.75) is 13.0 Å². The third-order valence-corrected chi connectivity index (χ3v) is 2.20. The van der Waals surface area contributed by atoms with Crippen LogP contribution >= 0.6 is 0 Å². The second-order valence-electron chi connectivity index (χ2n) is 3.00. The summed E-state index contributed by atoms with van der Waals surface area (Å²) in [6, 6.07) is 0. The summed E-state index contributed by atoms with van der Waals surface area (Å²) in [5.74, 6) is 0. The van der Waals surface area contributed by atoms with Gasteiger partial charge in [0.2, 0.25) is 0 Å². The molecule has 4 heteroatoms. The van der Waals surface area contributed by atoms with Crippen LogP contribution < -0.4 is 10.9 Å². The van der Waals surface area contributed by atoms with E-state index < -0.39 is 0 Å². The van der Waals surface area contributed by atoms with Crippen molar-refractivity contribution in [3.63, 3.8) is 0 Å². The van der Waals surface area contributed by atoms with Gasteiger partial charge < -0.3 is 5.32 Å². The maximum atomic E-state index is 11.5. The molecule has 0 saturated carbocycles. The summed E-state index contributed by atoms with van der Waals surface area (Å²) in [5.41, 5.74) is 2.00. The van der Waals surface area contributed by atoms with E-state index in [1.165, 1.54) is 4.68 Å². The van der Waals surface area contributed by atoms with Gasteiger partial charge in [0.05, 0.1) is 6.20 Å². The molecule has 1 aliphatic rings. The Labute approximate surface area is 70.2 Å². The molecule has 0 aromatic carbocycles. The monoisotopic (exact) mass is 165 g/mol. The molecule has 0 unspecified atom stereocenters. The Bertz CT molecular complexity index is 356. The Balaban J connectivity index is 2.62. The Kier molecular flexibility index (Phi) is 1.69. The van der Waals surface area contributed by atoms with Crippen LogP contribution in [-0.2, 0) is 20.0 Å². The maximum absolute atomic E-state index is 11.5. The number of rotatable bonds is 0. The van der Waals surface area contributed by atoms with Crippen LogP contribution in [0.3, 0.4) is 0 Å². The third kappa shape index (κ3) is 1.04. The van der Waals surface area contributed by atoms with Crippen molar-refractivity contribution in [1.82, 2.24) is 15.1 Å². The van der Waals surface area contributed by atoms with E-state index >= 15 is 0 Å². The van der Waals surface area contributed by atoms with Crippen LogP contribution in [-0.4, -0.2) is 16.3 Å². The highest BCUT2D eigenvalue weighted by molar-refractivity contribution is 5.23. The van der Waals surface area contributed by atoms with Crippen LogP contribution in [0.5, 0.6) is 0 Å². The average Bonchev–Trinajstić information content (AvgIpc) is 2.12. The van der Waals surface area contributed by atoms with Crippen molar-refractivity contribution in [2.24, 2.45) is 7.05 Å². The van der Waals surface area contributed by atoms with Gasteiger partial charge in [0.1, 0.15) is 0 Å². The summed E-state index contributed by atoms with van der Waals surface area (Å²) < 4.78 is 1.38. The predicted octanol–water partition coefficient (Wildman–Crippen LogP) is -0.574. The standard InChI is InChI=1S/C8H11N3O/c1-11-8(12)7-5-9-3-2-6(7)4-10-11/h4,9H,2-3,5H2,1H3. The number of aromatic nitrogens is 2. The second kappa shape index (κ2) is 2.71. The van der Waals surface area contributed by atoms with Gasteiger partial charge in [-0.05, 0) is 18.5 Å². The molecule has 0 atom stereocenters. The van der Waals surface area contributed by atoms with Gasteiger partial charge in [-0.2, -0.15) is 5.10 Å². The van der Waals surface area contributed by atoms with Gasteiger partial charge in [0.25, 0.3) is 5.56 Å². The molecule has 0 saturated heterocycles. The Morgan fingerprint density at radius 1 is 1.67 bits per heavy atom. The lowest BCUT2D eigenvalue weighted by molar-refractivity contribution is 0.599. The minimum absolute atomic E-state index is 0.0275. The third-order valence-electron chi connectivity index (χ3n) is 2.20. The molecule has 1 aromatic heterocycles. The molecule has 2 heterocycles. The molecule has 1 aromatic rings. The summed E-state index contributed by atoms with van der Waals surface area (Å²) in [6.07, 6.45) is 2.70. The van der Waals surface area contributed by atoms with Crippen molar-refractivity contribution < 1.29 is 0 Å². The van der Waals surface area contributed by atoms with Gasteiger partial charge in [-0.25, -0.2) is 4.68 Å². The number of hydrogen-bond donors (Lipinski definition) is 1. The smallest absolute Gasteiger partial charge is 0.271 e. The number of nitrogens with one attached hydrogen (secondary N) is 1. The molecule has 1 N–H and O–H groups in total. The second-order valence-corrected chi connectivity index (χ2v) is 3.00. The number of fused-ring (bicyclic) bond motifs is 1. The summed E-state index contributed by atoms with van der Waals surface area (Å²) in [7, 11) is 1.68. The van der Waals surface area contributed by atoms with Crippen LogP contribution in [0, 0.1) is 0 Å². The SMILES string of the molecule is Cn1ncc2c(c1=O)CNCC2. The molecular formula is C8H11N3O. The van der Waals surface area contributed by atoms with E-state index in [-0.39, 0.29) is 5.56 Å². The lowest BCUT2D eigenvalue weighted by atomic mass is 10.1. The van der Waals surface area contributed by atoms with Crippen LogP contribution in [0.2, 0.25) is 0 Å². The Morgan fingerprint density at radius 2 is 2.50 bits per heavy atom.